The fourth-order valence-corrected chi connectivity index (χ4v) is 3.00. The number of nitrogens with one attached hydrogen (secondary N) is 3. The molecule has 0 saturated carbocycles. The topological polar surface area (TPSA) is 214 Å². The average molecular weight is 464 g/mol. The van der Waals surface area contributed by atoms with Crippen molar-refractivity contribution in [1.29, 1.82) is 0 Å². The number of aliphatic carboxylic acids is 1. The highest BCUT2D eigenvalue weighted by atomic mass is 32.2. The second-order valence-electron chi connectivity index (χ2n) is 7.39. The Morgan fingerprint density at radius 3 is 1.90 bits per heavy atom. The normalized spacial score (nSPS) is 14.8. The Bertz CT molecular complexity index is 647. The highest BCUT2D eigenvalue weighted by Crippen LogP contribution is 2.08. The van der Waals surface area contributed by atoms with Gasteiger partial charge in [0.25, 0.3) is 0 Å². The van der Waals surface area contributed by atoms with E-state index in [2.05, 4.69) is 16.0 Å². The molecule has 4 unspecified atom stereocenters. The van der Waals surface area contributed by atoms with Crippen molar-refractivity contribution in [1.82, 2.24) is 16.0 Å². The highest BCUT2D eigenvalue weighted by Gasteiger charge is 2.30. The molecule has 0 aliphatic heterocycles. The van der Waals surface area contributed by atoms with Crippen molar-refractivity contribution in [2.45, 2.75) is 57.3 Å². The van der Waals surface area contributed by atoms with Crippen molar-refractivity contribution in [3.05, 3.63) is 0 Å². The first-order valence-corrected chi connectivity index (χ1v) is 11.1. The van der Waals surface area contributed by atoms with Crippen LogP contribution >= 0.6 is 11.8 Å². The highest BCUT2D eigenvalue weighted by molar-refractivity contribution is 7.98. The number of hydrogen-bond acceptors (Lipinski definition) is 8. The number of aliphatic hydroxyl groups excluding tert-OH is 1. The summed E-state index contributed by atoms with van der Waals surface area (Å²) < 4.78 is 0. The van der Waals surface area contributed by atoms with Crippen molar-refractivity contribution in [2.24, 2.45) is 17.4 Å². The maximum Gasteiger partial charge on any atom is 0.328 e. The molecule has 0 heterocycles. The molecule has 0 rings (SSSR count). The van der Waals surface area contributed by atoms with Crippen molar-refractivity contribution < 1.29 is 34.2 Å². The lowest BCUT2D eigenvalue weighted by atomic mass is 10.0. The minimum absolute atomic E-state index is 0.00679. The van der Waals surface area contributed by atoms with Gasteiger partial charge in [0.05, 0.1) is 19.1 Å². The van der Waals surface area contributed by atoms with E-state index in [1.807, 2.05) is 13.8 Å². The van der Waals surface area contributed by atoms with Crippen LogP contribution in [0.15, 0.2) is 0 Å². The number of hydrogen-bond donors (Lipinski definition) is 7. The number of carbonyl (C=O) groups is 5. The van der Waals surface area contributed by atoms with E-state index in [4.69, 9.17) is 21.7 Å². The molecule has 13 heteroatoms. The van der Waals surface area contributed by atoms with Crippen LogP contribution in [-0.2, 0) is 24.0 Å². The second kappa shape index (κ2) is 14.6. The lowest BCUT2D eigenvalue weighted by molar-refractivity contribution is -0.143. The van der Waals surface area contributed by atoms with Crippen LogP contribution < -0.4 is 27.4 Å². The van der Waals surface area contributed by atoms with Crippen LogP contribution in [0.25, 0.3) is 0 Å². The number of primary amides is 1. The van der Waals surface area contributed by atoms with E-state index in [9.17, 15) is 24.0 Å². The smallest absolute Gasteiger partial charge is 0.328 e. The van der Waals surface area contributed by atoms with Gasteiger partial charge >= 0.3 is 5.97 Å². The standard InChI is InChI=1S/C18H33N5O7S/c1-9(2)6-12(22-15(26)10(19)7-14(20)25)17(28)21-11(4-5-31-3)16(27)23-13(8-24)18(29)30/h9-13,24H,4-8,19H2,1-3H3,(H2,20,25)(H,21,28)(H,22,26)(H,23,27)(H,29,30). The summed E-state index contributed by atoms with van der Waals surface area (Å²) in [6, 6.07) is -4.86. The number of amides is 4. The molecule has 0 saturated heterocycles. The van der Waals surface area contributed by atoms with Crippen LogP contribution in [0.3, 0.4) is 0 Å². The monoisotopic (exact) mass is 463 g/mol. The molecule has 9 N–H and O–H groups in total. The van der Waals surface area contributed by atoms with Gasteiger partial charge in [0, 0.05) is 0 Å². The van der Waals surface area contributed by atoms with Gasteiger partial charge in [-0.3, -0.25) is 19.2 Å². The lowest BCUT2D eigenvalue weighted by Crippen LogP contribution is -2.58. The number of carboxylic acid groups (broad SMARTS) is 1. The van der Waals surface area contributed by atoms with Crippen molar-refractivity contribution in [3.8, 4) is 0 Å². The average Bonchev–Trinajstić information content (AvgIpc) is 2.66. The first kappa shape index (κ1) is 28.6. The summed E-state index contributed by atoms with van der Waals surface area (Å²) >= 11 is 1.42. The van der Waals surface area contributed by atoms with Gasteiger partial charge in [0.1, 0.15) is 18.1 Å². The van der Waals surface area contributed by atoms with Gasteiger partial charge in [0.15, 0.2) is 0 Å². The Labute approximate surface area is 185 Å². The summed E-state index contributed by atoms with van der Waals surface area (Å²) in [5, 5.41) is 25.3. The van der Waals surface area contributed by atoms with Gasteiger partial charge in [-0.15, -0.1) is 0 Å². The molecule has 0 fully saturated rings. The van der Waals surface area contributed by atoms with Crippen LogP contribution in [0.5, 0.6) is 0 Å². The number of aliphatic hydroxyl groups is 1. The molecule has 31 heavy (non-hydrogen) atoms. The second-order valence-corrected chi connectivity index (χ2v) is 8.38. The van der Waals surface area contributed by atoms with Gasteiger partial charge in [-0.25, -0.2) is 4.79 Å². The molecule has 0 aliphatic rings. The molecule has 0 radical (unpaired) electrons. The quantitative estimate of drug-likeness (QED) is 0.137. The summed E-state index contributed by atoms with van der Waals surface area (Å²) in [6.07, 6.45) is 1.83. The molecule has 4 atom stereocenters. The van der Waals surface area contributed by atoms with Crippen LogP contribution in [0.1, 0.15) is 33.1 Å². The third kappa shape index (κ3) is 11.5. The molecule has 0 bridgehead atoms. The number of thioether (sulfide) groups is 1. The number of nitrogens with two attached hydrogens (primary N) is 2. The first-order chi connectivity index (χ1) is 14.4. The summed E-state index contributed by atoms with van der Waals surface area (Å²) in [7, 11) is 0. The fourth-order valence-electron chi connectivity index (χ4n) is 2.53. The summed E-state index contributed by atoms with van der Waals surface area (Å²) in [6.45, 7) is 2.84. The Kier molecular flexibility index (Phi) is 13.5. The molecule has 0 aromatic rings. The minimum atomic E-state index is -1.51. The van der Waals surface area contributed by atoms with Gasteiger partial charge in [0.2, 0.25) is 23.6 Å². The third-order valence-corrected chi connectivity index (χ3v) is 4.78. The molecule has 4 amide bonds. The summed E-state index contributed by atoms with van der Waals surface area (Å²) in [5.41, 5.74) is 10.7. The Balaban J connectivity index is 5.37. The third-order valence-electron chi connectivity index (χ3n) is 4.14. The maximum atomic E-state index is 12.8. The number of rotatable bonds is 15. The zero-order valence-electron chi connectivity index (χ0n) is 17.9. The van der Waals surface area contributed by atoms with Crippen molar-refractivity contribution >= 4 is 41.4 Å². The number of carbonyl (C=O) groups excluding carboxylic acids is 4. The predicted octanol–water partition coefficient (Wildman–Crippen LogP) is -2.48. The SMILES string of the molecule is CSCCC(NC(=O)C(CC(C)C)NC(=O)C(N)CC(N)=O)C(=O)NC(CO)C(=O)O. The molecule has 0 aromatic heterocycles. The number of carboxylic acids is 1. The van der Waals surface area contributed by atoms with E-state index in [0.717, 1.165) is 0 Å². The van der Waals surface area contributed by atoms with Gasteiger partial charge < -0.3 is 37.6 Å². The van der Waals surface area contributed by atoms with E-state index in [1.165, 1.54) is 11.8 Å². The molecular weight excluding hydrogens is 430 g/mol. The van der Waals surface area contributed by atoms with Crippen molar-refractivity contribution in [2.75, 3.05) is 18.6 Å². The zero-order chi connectivity index (χ0) is 24.1. The first-order valence-electron chi connectivity index (χ1n) is 9.70. The molecule has 0 aromatic carbocycles. The van der Waals surface area contributed by atoms with Gasteiger partial charge in [-0.2, -0.15) is 11.8 Å². The van der Waals surface area contributed by atoms with E-state index < -0.39 is 66.8 Å². The van der Waals surface area contributed by atoms with Crippen LogP contribution in [0, 0.1) is 5.92 Å². The van der Waals surface area contributed by atoms with E-state index in [-0.39, 0.29) is 18.8 Å². The van der Waals surface area contributed by atoms with Gasteiger partial charge in [-0.05, 0) is 30.8 Å². The zero-order valence-corrected chi connectivity index (χ0v) is 18.7. The molecule has 178 valence electrons. The molecule has 0 aliphatic carbocycles. The van der Waals surface area contributed by atoms with E-state index in [1.54, 1.807) is 6.26 Å². The fraction of sp³-hybridized carbons (Fsp3) is 0.722. The Morgan fingerprint density at radius 2 is 1.45 bits per heavy atom. The predicted molar refractivity (Wildman–Crippen MR) is 115 cm³/mol. The van der Waals surface area contributed by atoms with Gasteiger partial charge in [-0.1, -0.05) is 13.8 Å². The van der Waals surface area contributed by atoms with Crippen LogP contribution in [-0.4, -0.2) is 82.6 Å². The maximum absolute atomic E-state index is 12.8. The Hall–Kier alpha value is -2.38. The lowest BCUT2D eigenvalue weighted by Gasteiger charge is -2.25. The van der Waals surface area contributed by atoms with Crippen molar-refractivity contribution in [3.63, 3.8) is 0 Å². The largest absolute Gasteiger partial charge is 0.480 e. The molecule has 12 nitrogen and oxygen atoms in total. The van der Waals surface area contributed by atoms with Crippen LogP contribution in [0.4, 0.5) is 0 Å². The minimum Gasteiger partial charge on any atom is -0.480 e. The van der Waals surface area contributed by atoms with Crippen LogP contribution in [0.2, 0.25) is 0 Å². The Morgan fingerprint density at radius 1 is 0.935 bits per heavy atom. The van der Waals surface area contributed by atoms with E-state index in [0.29, 0.717) is 5.75 Å². The van der Waals surface area contributed by atoms with E-state index >= 15 is 0 Å². The molecular formula is C18H33N5O7S. The summed E-state index contributed by atoms with van der Waals surface area (Å²) in [5.74, 6) is -3.88. The molecule has 0 spiro atoms. The summed E-state index contributed by atoms with van der Waals surface area (Å²) in [4.78, 5) is 59.6.